The molecule has 5 heteroatoms. The van der Waals surface area contributed by atoms with Gasteiger partial charge in [-0.25, -0.2) is 13.2 Å². The van der Waals surface area contributed by atoms with Gasteiger partial charge in [0.25, 0.3) is 0 Å². The molecule has 0 fully saturated rings. The van der Waals surface area contributed by atoms with Gasteiger partial charge in [-0.05, 0) is 12.1 Å². The number of para-hydroxylation sites is 1. The molecule has 0 amide bonds. The van der Waals surface area contributed by atoms with Gasteiger partial charge in [0.1, 0.15) is 11.6 Å². The maximum Gasteiger partial charge on any atom is 0.161 e. The Balaban J connectivity index is 2.50. The highest BCUT2D eigenvalue weighted by Gasteiger charge is 2.21. The molecule has 19 heavy (non-hydrogen) atoms. The number of alkyl halides is 1. The molecule has 0 saturated carbocycles. The van der Waals surface area contributed by atoms with Crippen molar-refractivity contribution in [2.24, 2.45) is 0 Å². The topological polar surface area (TPSA) is 9.23 Å². The van der Waals surface area contributed by atoms with Crippen LogP contribution in [0.2, 0.25) is 0 Å². The number of halogens is 4. The summed E-state index contributed by atoms with van der Waals surface area (Å²) >= 11 is 6.14. The molecule has 0 aliphatic rings. The van der Waals surface area contributed by atoms with Gasteiger partial charge >= 0.3 is 0 Å². The van der Waals surface area contributed by atoms with E-state index in [2.05, 4.69) is 0 Å². The van der Waals surface area contributed by atoms with Gasteiger partial charge in [-0.1, -0.05) is 18.2 Å². The van der Waals surface area contributed by atoms with Crippen molar-refractivity contribution in [2.45, 2.75) is 5.38 Å². The van der Waals surface area contributed by atoms with E-state index in [1.54, 1.807) is 24.3 Å². The molecule has 0 aliphatic carbocycles. The summed E-state index contributed by atoms with van der Waals surface area (Å²) in [4.78, 5) is 0. The second-order valence-electron chi connectivity index (χ2n) is 3.89. The van der Waals surface area contributed by atoms with Gasteiger partial charge in [0.2, 0.25) is 0 Å². The third-order valence-corrected chi connectivity index (χ3v) is 3.19. The van der Waals surface area contributed by atoms with Gasteiger partial charge in [-0.3, -0.25) is 0 Å². The zero-order chi connectivity index (χ0) is 14.0. The van der Waals surface area contributed by atoms with Crippen LogP contribution in [-0.4, -0.2) is 7.11 Å². The summed E-state index contributed by atoms with van der Waals surface area (Å²) in [5.41, 5.74) is 0.349. The molecule has 1 unspecified atom stereocenters. The van der Waals surface area contributed by atoms with Crippen LogP contribution in [0.3, 0.4) is 0 Å². The lowest BCUT2D eigenvalue weighted by Crippen LogP contribution is -2.02. The van der Waals surface area contributed by atoms with Crippen molar-refractivity contribution < 1.29 is 17.9 Å². The Morgan fingerprint density at radius 3 is 2.26 bits per heavy atom. The first-order valence-corrected chi connectivity index (χ1v) is 5.89. The van der Waals surface area contributed by atoms with Crippen molar-refractivity contribution in [3.8, 4) is 5.75 Å². The molecule has 0 radical (unpaired) electrons. The Morgan fingerprint density at radius 1 is 0.947 bits per heavy atom. The lowest BCUT2D eigenvalue weighted by molar-refractivity contribution is 0.409. The van der Waals surface area contributed by atoms with E-state index in [0.717, 1.165) is 6.07 Å². The minimum Gasteiger partial charge on any atom is -0.496 e. The van der Waals surface area contributed by atoms with E-state index in [1.165, 1.54) is 7.11 Å². The Hall–Kier alpha value is -1.68. The van der Waals surface area contributed by atoms with Crippen molar-refractivity contribution >= 4 is 11.6 Å². The Morgan fingerprint density at radius 2 is 1.58 bits per heavy atom. The summed E-state index contributed by atoms with van der Waals surface area (Å²) in [5, 5.41) is -0.966. The molecule has 0 aromatic heterocycles. The lowest BCUT2D eigenvalue weighted by atomic mass is 10.0. The summed E-state index contributed by atoms with van der Waals surface area (Å²) in [6.07, 6.45) is 0. The van der Waals surface area contributed by atoms with E-state index in [0.29, 0.717) is 17.4 Å². The minimum absolute atomic E-state index is 0.134. The van der Waals surface area contributed by atoms with Crippen LogP contribution in [0.5, 0.6) is 5.75 Å². The largest absolute Gasteiger partial charge is 0.496 e. The van der Waals surface area contributed by atoms with Crippen LogP contribution in [0, 0.1) is 17.5 Å². The molecular formula is C14H10ClF3O. The van der Waals surface area contributed by atoms with Crippen LogP contribution in [0.4, 0.5) is 13.2 Å². The fourth-order valence-electron chi connectivity index (χ4n) is 1.78. The number of hydrogen-bond donors (Lipinski definition) is 0. The van der Waals surface area contributed by atoms with Crippen LogP contribution in [0.25, 0.3) is 0 Å². The predicted molar refractivity (Wildman–Crippen MR) is 67.0 cm³/mol. The second kappa shape index (κ2) is 5.53. The first-order chi connectivity index (χ1) is 9.04. The summed E-state index contributed by atoms with van der Waals surface area (Å²) in [5.74, 6) is -2.83. The van der Waals surface area contributed by atoms with Crippen molar-refractivity contribution in [1.82, 2.24) is 0 Å². The molecule has 0 aliphatic heterocycles. The smallest absolute Gasteiger partial charge is 0.161 e. The van der Waals surface area contributed by atoms with E-state index < -0.39 is 22.8 Å². The van der Waals surface area contributed by atoms with Crippen molar-refractivity contribution in [3.63, 3.8) is 0 Å². The van der Waals surface area contributed by atoms with E-state index in [4.69, 9.17) is 16.3 Å². The molecule has 0 N–H and O–H groups in total. The number of rotatable bonds is 3. The Labute approximate surface area is 113 Å². The number of ether oxygens (including phenoxy) is 1. The average molecular weight is 287 g/mol. The van der Waals surface area contributed by atoms with E-state index in [-0.39, 0.29) is 5.56 Å². The Kier molecular flexibility index (Phi) is 4.00. The first-order valence-electron chi connectivity index (χ1n) is 5.46. The number of benzene rings is 2. The molecule has 0 bridgehead atoms. The van der Waals surface area contributed by atoms with Crippen molar-refractivity contribution in [2.75, 3.05) is 7.11 Å². The molecular weight excluding hydrogens is 277 g/mol. The van der Waals surface area contributed by atoms with E-state index in [1.807, 2.05) is 0 Å². The highest BCUT2D eigenvalue weighted by atomic mass is 35.5. The number of hydrogen-bond acceptors (Lipinski definition) is 1. The van der Waals surface area contributed by atoms with Crippen molar-refractivity contribution in [1.29, 1.82) is 0 Å². The number of methoxy groups -OCH3 is 1. The zero-order valence-corrected chi connectivity index (χ0v) is 10.7. The van der Waals surface area contributed by atoms with Crippen LogP contribution >= 0.6 is 11.6 Å². The third kappa shape index (κ3) is 2.68. The average Bonchev–Trinajstić information content (AvgIpc) is 2.42. The van der Waals surface area contributed by atoms with Crippen LogP contribution in [-0.2, 0) is 0 Å². The molecule has 0 heterocycles. The maximum atomic E-state index is 13.7. The van der Waals surface area contributed by atoms with Crippen LogP contribution in [0.15, 0.2) is 36.4 Å². The third-order valence-electron chi connectivity index (χ3n) is 2.72. The molecule has 100 valence electrons. The summed E-state index contributed by atoms with van der Waals surface area (Å²) in [7, 11) is 1.45. The molecule has 2 aromatic carbocycles. The van der Waals surface area contributed by atoms with Gasteiger partial charge < -0.3 is 4.74 Å². The highest BCUT2D eigenvalue weighted by molar-refractivity contribution is 6.22. The summed E-state index contributed by atoms with van der Waals surface area (Å²) < 4.78 is 44.9. The molecule has 1 atom stereocenters. The highest BCUT2D eigenvalue weighted by Crippen LogP contribution is 2.36. The Bertz CT molecular complexity index is 601. The van der Waals surface area contributed by atoms with Gasteiger partial charge in [-0.15, -0.1) is 11.6 Å². The standard InChI is InChI=1S/C14H10ClF3O/c1-19-13-5-3-2-4-8(13)14(15)9-6-11(17)12(18)7-10(9)16/h2-7,14H,1H3. The van der Waals surface area contributed by atoms with Gasteiger partial charge in [0, 0.05) is 17.2 Å². The summed E-state index contributed by atoms with van der Waals surface area (Å²) in [6, 6.07) is 7.96. The predicted octanol–water partition coefficient (Wildman–Crippen LogP) is 4.44. The lowest BCUT2D eigenvalue weighted by Gasteiger charge is -2.15. The van der Waals surface area contributed by atoms with Crippen LogP contribution < -0.4 is 4.74 Å². The normalized spacial score (nSPS) is 12.3. The van der Waals surface area contributed by atoms with Crippen molar-refractivity contribution in [3.05, 3.63) is 65.0 Å². The van der Waals surface area contributed by atoms with Crippen LogP contribution in [0.1, 0.15) is 16.5 Å². The molecule has 0 spiro atoms. The maximum absolute atomic E-state index is 13.7. The van der Waals surface area contributed by atoms with Gasteiger partial charge in [-0.2, -0.15) is 0 Å². The fraction of sp³-hybridized carbons (Fsp3) is 0.143. The minimum atomic E-state index is -1.25. The molecule has 1 nitrogen and oxygen atoms in total. The quantitative estimate of drug-likeness (QED) is 0.599. The van der Waals surface area contributed by atoms with Gasteiger partial charge in [0.05, 0.1) is 12.5 Å². The molecule has 2 rings (SSSR count). The SMILES string of the molecule is COc1ccccc1C(Cl)c1cc(F)c(F)cc1F. The first kappa shape index (κ1) is 13.7. The van der Waals surface area contributed by atoms with E-state index in [9.17, 15) is 13.2 Å². The molecule has 0 saturated heterocycles. The monoisotopic (exact) mass is 286 g/mol. The summed E-state index contributed by atoms with van der Waals surface area (Å²) in [6.45, 7) is 0. The molecule has 2 aromatic rings. The second-order valence-corrected chi connectivity index (χ2v) is 4.33. The fourth-order valence-corrected chi connectivity index (χ4v) is 2.12. The van der Waals surface area contributed by atoms with E-state index >= 15 is 0 Å². The zero-order valence-electron chi connectivity index (χ0n) is 9.96. The van der Waals surface area contributed by atoms with Gasteiger partial charge in [0.15, 0.2) is 11.6 Å².